The summed E-state index contributed by atoms with van der Waals surface area (Å²) in [6, 6.07) is 6.17. The maximum Gasteiger partial charge on any atom is 0.408 e. The Bertz CT molecular complexity index is 1020. The topological polar surface area (TPSA) is 156 Å². The molecular formula is C22H26N4O7. The van der Waals surface area contributed by atoms with Crippen LogP contribution in [-0.4, -0.2) is 52.9 Å². The van der Waals surface area contributed by atoms with Crippen molar-refractivity contribution >= 4 is 35.4 Å². The highest BCUT2D eigenvalue weighted by Crippen LogP contribution is 2.16. The molecule has 0 aliphatic rings. The van der Waals surface area contributed by atoms with Gasteiger partial charge in [-0.25, -0.2) is 19.2 Å². The van der Waals surface area contributed by atoms with Crippen LogP contribution in [0.5, 0.6) is 0 Å². The number of esters is 1. The van der Waals surface area contributed by atoms with E-state index in [9.17, 15) is 24.3 Å². The second-order valence-electron chi connectivity index (χ2n) is 7.93. The van der Waals surface area contributed by atoms with Gasteiger partial charge < -0.3 is 30.5 Å². The summed E-state index contributed by atoms with van der Waals surface area (Å²) >= 11 is 0. The number of methoxy groups -OCH3 is 1. The number of carboxylic acid groups (broad SMARTS) is 1. The van der Waals surface area contributed by atoms with Gasteiger partial charge in [0.15, 0.2) is 0 Å². The Hall–Kier alpha value is -4.15. The fourth-order valence-corrected chi connectivity index (χ4v) is 2.71. The second kappa shape index (κ2) is 10.9. The van der Waals surface area contributed by atoms with E-state index in [0.29, 0.717) is 11.3 Å². The number of amides is 3. The van der Waals surface area contributed by atoms with Gasteiger partial charge in [-0.15, -0.1) is 0 Å². The lowest BCUT2D eigenvalue weighted by atomic mass is 10.1. The molecule has 4 N–H and O–H groups in total. The average Bonchev–Trinajstić information content (AvgIpc) is 2.72. The summed E-state index contributed by atoms with van der Waals surface area (Å²) in [7, 11) is 1.22. The van der Waals surface area contributed by atoms with Crippen molar-refractivity contribution < 1.29 is 33.8 Å². The minimum absolute atomic E-state index is 0.0493. The molecule has 11 heteroatoms. The van der Waals surface area contributed by atoms with Crippen LogP contribution in [0.2, 0.25) is 0 Å². The number of alkyl carbamates (subject to hydrolysis) is 1. The minimum Gasteiger partial charge on any atom is -0.478 e. The van der Waals surface area contributed by atoms with Gasteiger partial charge in [-0.2, -0.15) is 0 Å². The lowest BCUT2D eigenvalue weighted by Crippen LogP contribution is -2.45. The molecule has 0 spiro atoms. The highest BCUT2D eigenvalue weighted by Gasteiger charge is 2.25. The number of carbonyl (C=O) groups is 4. The molecule has 1 aromatic carbocycles. The number of carbonyl (C=O) groups excluding carboxylic acids is 3. The molecule has 1 heterocycles. The lowest BCUT2D eigenvalue weighted by molar-refractivity contribution is -0.143. The molecule has 0 saturated heterocycles. The van der Waals surface area contributed by atoms with Crippen LogP contribution in [-0.2, 0) is 20.7 Å². The summed E-state index contributed by atoms with van der Waals surface area (Å²) in [5, 5.41) is 16.7. The zero-order valence-electron chi connectivity index (χ0n) is 18.7. The smallest absolute Gasteiger partial charge is 0.408 e. The van der Waals surface area contributed by atoms with Crippen molar-refractivity contribution in [3.63, 3.8) is 0 Å². The Morgan fingerprint density at radius 3 is 2.30 bits per heavy atom. The van der Waals surface area contributed by atoms with Gasteiger partial charge in [-0.05, 0) is 44.5 Å². The van der Waals surface area contributed by atoms with E-state index in [-0.39, 0.29) is 17.7 Å². The first-order valence-electron chi connectivity index (χ1n) is 9.90. The molecular weight excluding hydrogens is 432 g/mol. The first-order chi connectivity index (χ1) is 15.5. The third-order valence-corrected chi connectivity index (χ3v) is 4.13. The van der Waals surface area contributed by atoms with Gasteiger partial charge >= 0.3 is 24.1 Å². The minimum atomic E-state index is -1.20. The van der Waals surface area contributed by atoms with Crippen LogP contribution in [0.15, 0.2) is 42.7 Å². The lowest BCUT2D eigenvalue weighted by Gasteiger charge is -2.22. The zero-order valence-corrected chi connectivity index (χ0v) is 18.7. The van der Waals surface area contributed by atoms with Crippen LogP contribution in [0.3, 0.4) is 0 Å². The van der Waals surface area contributed by atoms with Gasteiger partial charge in [-0.3, -0.25) is 4.98 Å². The summed E-state index contributed by atoms with van der Waals surface area (Å²) < 4.78 is 9.94. The number of nitrogens with one attached hydrogen (secondary N) is 3. The van der Waals surface area contributed by atoms with E-state index in [1.165, 1.54) is 25.6 Å². The number of urea groups is 1. The maximum absolute atomic E-state index is 12.2. The Labute approximate surface area is 190 Å². The van der Waals surface area contributed by atoms with Crippen LogP contribution in [0, 0.1) is 0 Å². The van der Waals surface area contributed by atoms with Gasteiger partial charge in [0.05, 0.1) is 24.6 Å². The monoisotopic (exact) mass is 458 g/mol. The number of pyridine rings is 1. The number of aromatic carboxylic acids is 1. The summed E-state index contributed by atoms with van der Waals surface area (Å²) in [4.78, 5) is 51.4. The van der Waals surface area contributed by atoms with Crippen LogP contribution in [0.25, 0.3) is 0 Å². The van der Waals surface area contributed by atoms with Gasteiger partial charge in [0.2, 0.25) is 0 Å². The molecule has 1 unspecified atom stereocenters. The predicted molar refractivity (Wildman–Crippen MR) is 119 cm³/mol. The van der Waals surface area contributed by atoms with Crippen LogP contribution < -0.4 is 16.0 Å². The molecule has 0 bridgehead atoms. The van der Waals surface area contributed by atoms with Crippen molar-refractivity contribution in [2.45, 2.75) is 38.8 Å². The van der Waals surface area contributed by atoms with Crippen LogP contribution in [0.1, 0.15) is 36.7 Å². The maximum atomic E-state index is 12.2. The number of rotatable bonds is 7. The van der Waals surface area contributed by atoms with E-state index in [1.807, 2.05) is 0 Å². The molecule has 33 heavy (non-hydrogen) atoms. The fourth-order valence-electron chi connectivity index (χ4n) is 2.71. The second-order valence-corrected chi connectivity index (χ2v) is 7.93. The van der Waals surface area contributed by atoms with E-state index in [1.54, 1.807) is 45.0 Å². The van der Waals surface area contributed by atoms with Crippen molar-refractivity contribution in [3.05, 3.63) is 53.9 Å². The zero-order chi connectivity index (χ0) is 24.6. The van der Waals surface area contributed by atoms with E-state index in [0.717, 1.165) is 0 Å². The molecule has 0 fully saturated rings. The number of hydrogen-bond donors (Lipinski definition) is 4. The number of hydrogen-bond acceptors (Lipinski definition) is 7. The number of carboxylic acids is 1. The normalized spacial score (nSPS) is 11.6. The Morgan fingerprint density at radius 1 is 1.06 bits per heavy atom. The summed E-state index contributed by atoms with van der Waals surface area (Å²) in [6.07, 6.45) is 1.93. The third kappa shape index (κ3) is 8.13. The van der Waals surface area contributed by atoms with Crippen molar-refractivity contribution in [2.75, 3.05) is 17.7 Å². The molecule has 1 atom stereocenters. The molecule has 11 nitrogen and oxygen atoms in total. The highest BCUT2D eigenvalue weighted by atomic mass is 16.6. The first kappa shape index (κ1) is 25.1. The number of benzene rings is 1. The Kier molecular flexibility index (Phi) is 8.32. The molecule has 0 aliphatic carbocycles. The molecule has 3 amide bonds. The summed E-state index contributed by atoms with van der Waals surface area (Å²) in [6.45, 7) is 5.12. The number of anilines is 2. The van der Waals surface area contributed by atoms with Gasteiger partial charge in [-0.1, -0.05) is 12.1 Å². The van der Waals surface area contributed by atoms with Crippen molar-refractivity contribution in [2.24, 2.45) is 0 Å². The molecule has 1 aromatic heterocycles. The number of ether oxygens (including phenoxy) is 2. The third-order valence-electron chi connectivity index (χ3n) is 4.13. The first-order valence-corrected chi connectivity index (χ1v) is 9.90. The predicted octanol–water partition coefficient (Wildman–Crippen LogP) is 3.03. The van der Waals surface area contributed by atoms with Crippen molar-refractivity contribution in [3.8, 4) is 0 Å². The van der Waals surface area contributed by atoms with E-state index < -0.39 is 35.7 Å². The molecule has 176 valence electrons. The largest absolute Gasteiger partial charge is 0.478 e. The van der Waals surface area contributed by atoms with Gasteiger partial charge in [0, 0.05) is 18.3 Å². The van der Waals surface area contributed by atoms with Crippen LogP contribution >= 0.6 is 0 Å². The number of nitrogens with zero attached hydrogens (tertiary/aromatic N) is 1. The molecule has 2 aromatic rings. The van der Waals surface area contributed by atoms with E-state index in [2.05, 4.69) is 20.9 Å². The molecule has 2 rings (SSSR count). The Balaban J connectivity index is 2.01. The molecule has 0 radical (unpaired) electrons. The van der Waals surface area contributed by atoms with E-state index in [4.69, 9.17) is 9.47 Å². The standard InChI is InChI=1S/C22H26N4O7/c1-22(2,3)33-21(31)26-16(19(29)32-4)11-13-5-7-14(8-6-13)24-20(30)25-17-12-23-10-9-15(17)18(27)28/h5-10,12,16H,11H2,1-4H3,(H,26,31)(H,27,28)(H2,24,25,30). The molecule has 0 saturated carbocycles. The highest BCUT2D eigenvalue weighted by molar-refractivity contribution is 6.04. The van der Waals surface area contributed by atoms with Crippen molar-refractivity contribution in [1.29, 1.82) is 0 Å². The fraction of sp³-hybridized carbons (Fsp3) is 0.318. The van der Waals surface area contributed by atoms with Crippen LogP contribution in [0.4, 0.5) is 21.0 Å². The van der Waals surface area contributed by atoms with E-state index >= 15 is 0 Å². The summed E-state index contributed by atoms with van der Waals surface area (Å²) in [5.41, 5.74) is 0.342. The summed E-state index contributed by atoms with van der Waals surface area (Å²) in [5.74, 6) is -1.83. The Morgan fingerprint density at radius 2 is 1.73 bits per heavy atom. The quantitative estimate of drug-likeness (QED) is 0.461. The van der Waals surface area contributed by atoms with Gasteiger partial charge in [0.25, 0.3) is 0 Å². The number of aromatic nitrogens is 1. The average molecular weight is 458 g/mol. The molecule has 0 aliphatic heterocycles. The van der Waals surface area contributed by atoms with Gasteiger partial charge in [0.1, 0.15) is 11.6 Å². The SMILES string of the molecule is COC(=O)C(Cc1ccc(NC(=O)Nc2cnccc2C(=O)O)cc1)NC(=O)OC(C)(C)C. The van der Waals surface area contributed by atoms with Crippen molar-refractivity contribution in [1.82, 2.24) is 10.3 Å².